The standard InChI is InChI=1S/C12H16N4O2/c17-10-6-15-14-5-9(10)11(18)16-12-3-1-2-8(12)4-13-7-12/h5-6,8,13H,1-4,7H2,(H,14,17)(H,16,18)/t8-,12-/m0/s1. The first-order chi connectivity index (χ1) is 8.71. The first-order valence-corrected chi connectivity index (χ1v) is 6.28. The Morgan fingerprint density at radius 1 is 1.56 bits per heavy atom. The molecule has 1 saturated carbocycles. The first kappa shape index (κ1) is 11.4. The highest BCUT2D eigenvalue weighted by Crippen LogP contribution is 2.38. The number of H-pyrrole nitrogens is 1. The summed E-state index contributed by atoms with van der Waals surface area (Å²) in [5, 5.41) is 12.5. The Hall–Kier alpha value is -1.69. The monoisotopic (exact) mass is 248 g/mol. The van der Waals surface area contributed by atoms with Gasteiger partial charge in [0.1, 0.15) is 5.56 Å². The summed E-state index contributed by atoms with van der Waals surface area (Å²) < 4.78 is 0. The van der Waals surface area contributed by atoms with Crippen LogP contribution in [0.1, 0.15) is 29.6 Å². The Labute approximate surface area is 104 Å². The highest BCUT2D eigenvalue weighted by Gasteiger charge is 2.47. The predicted molar refractivity (Wildman–Crippen MR) is 65.3 cm³/mol. The fourth-order valence-electron chi connectivity index (χ4n) is 3.16. The number of carbonyl (C=O) groups is 1. The Bertz CT molecular complexity index is 515. The fourth-order valence-corrected chi connectivity index (χ4v) is 3.16. The van der Waals surface area contributed by atoms with Crippen LogP contribution in [0.3, 0.4) is 0 Å². The quantitative estimate of drug-likeness (QED) is 0.667. The molecule has 3 rings (SSSR count). The molecule has 2 heterocycles. The lowest BCUT2D eigenvalue weighted by Crippen LogP contribution is -2.52. The second kappa shape index (κ2) is 4.20. The second-order valence-corrected chi connectivity index (χ2v) is 5.14. The van der Waals surface area contributed by atoms with Gasteiger partial charge in [0.25, 0.3) is 5.91 Å². The van der Waals surface area contributed by atoms with Crippen LogP contribution in [0.15, 0.2) is 17.2 Å². The molecule has 3 N–H and O–H groups in total. The van der Waals surface area contributed by atoms with Crippen molar-refractivity contribution in [2.45, 2.75) is 24.8 Å². The van der Waals surface area contributed by atoms with E-state index in [9.17, 15) is 9.59 Å². The molecule has 1 aliphatic heterocycles. The molecule has 0 bridgehead atoms. The number of carbonyl (C=O) groups excluding carboxylic acids is 1. The molecule has 0 aromatic carbocycles. The molecule has 0 radical (unpaired) electrons. The van der Waals surface area contributed by atoms with Gasteiger partial charge in [-0.2, -0.15) is 5.10 Å². The summed E-state index contributed by atoms with van der Waals surface area (Å²) in [6.07, 6.45) is 5.75. The van der Waals surface area contributed by atoms with Gasteiger partial charge in [-0.15, -0.1) is 0 Å². The van der Waals surface area contributed by atoms with E-state index in [1.165, 1.54) is 6.20 Å². The molecular formula is C12H16N4O2. The molecule has 1 amide bonds. The number of nitrogens with one attached hydrogen (secondary N) is 3. The van der Waals surface area contributed by atoms with Crippen molar-refractivity contribution < 1.29 is 4.79 Å². The minimum Gasteiger partial charge on any atom is -0.345 e. The van der Waals surface area contributed by atoms with Crippen LogP contribution in [-0.2, 0) is 0 Å². The van der Waals surface area contributed by atoms with Gasteiger partial charge < -0.3 is 10.6 Å². The lowest BCUT2D eigenvalue weighted by atomic mass is 9.90. The molecule has 2 aliphatic rings. The number of aromatic amines is 1. The summed E-state index contributed by atoms with van der Waals surface area (Å²) in [6.45, 7) is 1.75. The molecule has 1 aliphatic carbocycles. The molecule has 96 valence electrons. The van der Waals surface area contributed by atoms with Crippen LogP contribution in [-0.4, -0.2) is 34.7 Å². The van der Waals surface area contributed by atoms with Gasteiger partial charge in [-0.05, 0) is 18.8 Å². The molecular weight excluding hydrogens is 232 g/mol. The van der Waals surface area contributed by atoms with E-state index in [0.29, 0.717) is 5.92 Å². The predicted octanol–water partition coefficient (Wildman–Crippen LogP) is -0.358. The molecule has 0 unspecified atom stereocenters. The van der Waals surface area contributed by atoms with Gasteiger partial charge in [-0.3, -0.25) is 14.7 Å². The van der Waals surface area contributed by atoms with Crippen molar-refractivity contribution in [1.29, 1.82) is 0 Å². The zero-order valence-corrected chi connectivity index (χ0v) is 10.0. The zero-order chi connectivity index (χ0) is 12.6. The average Bonchev–Trinajstić information content (AvgIpc) is 2.88. The maximum Gasteiger partial charge on any atom is 0.257 e. The summed E-state index contributed by atoms with van der Waals surface area (Å²) in [7, 11) is 0. The minimum atomic E-state index is -0.344. The molecule has 1 saturated heterocycles. The van der Waals surface area contributed by atoms with E-state index in [1.54, 1.807) is 0 Å². The van der Waals surface area contributed by atoms with E-state index in [-0.39, 0.29) is 22.4 Å². The Morgan fingerprint density at radius 3 is 3.28 bits per heavy atom. The van der Waals surface area contributed by atoms with Crippen LogP contribution < -0.4 is 16.1 Å². The molecule has 2 fully saturated rings. The highest BCUT2D eigenvalue weighted by atomic mass is 16.2. The van der Waals surface area contributed by atoms with Gasteiger partial charge in [0.05, 0.1) is 11.7 Å². The number of fused-ring (bicyclic) bond motifs is 1. The van der Waals surface area contributed by atoms with Crippen LogP contribution in [0.2, 0.25) is 0 Å². The molecule has 1 aromatic rings. The minimum absolute atomic E-state index is 0.136. The Morgan fingerprint density at radius 2 is 2.44 bits per heavy atom. The number of aromatic nitrogens is 2. The molecule has 6 heteroatoms. The molecule has 18 heavy (non-hydrogen) atoms. The van der Waals surface area contributed by atoms with Gasteiger partial charge in [0, 0.05) is 19.3 Å². The van der Waals surface area contributed by atoms with Crippen LogP contribution in [0.5, 0.6) is 0 Å². The molecule has 1 aromatic heterocycles. The third kappa shape index (κ3) is 1.73. The maximum absolute atomic E-state index is 12.2. The zero-order valence-electron chi connectivity index (χ0n) is 10.0. The van der Waals surface area contributed by atoms with Crippen molar-refractivity contribution in [3.8, 4) is 0 Å². The lowest BCUT2D eigenvalue weighted by molar-refractivity contribution is 0.0892. The van der Waals surface area contributed by atoms with Crippen molar-refractivity contribution in [2.24, 2.45) is 5.92 Å². The van der Waals surface area contributed by atoms with Crippen molar-refractivity contribution in [1.82, 2.24) is 20.8 Å². The summed E-state index contributed by atoms with van der Waals surface area (Å²) in [5.74, 6) is 0.191. The smallest absolute Gasteiger partial charge is 0.257 e. The Balaban J connectivity index is 1.83. The SMILES string of the molecule is O=C(N[C@]12CCC[C@H]1CNC2)c1c[nH]ncc1=O. The molecule has 6 nitrogen and oxygen atoms in total. The van der Waals surface area contributed by atoms with E-state index in [4.69, 9.17) is 0 Å². The highest BCUT2D eigenvalue weighted by molar-refractivity contribution is 5.94. The van der Waals surface area contributed by atoms with Crippen molar-refractivity contribution >= 4 is 5.91 Å². The number of rotatable bonds is 2. The topological polar surface area (TPSA) is 86.9 Å². The second-order valence-electron chi connectivity index (χ2n) is 5.14. The van der Waals surface area contributed by atoms with Crippen LogP contribution in [0.25, 0.3) is 0 Å². The number of nitrogens with zero attached hydrogens (tertiary/aromatic N) is 1. The summed E-state index contributed by atoms with van der Waals surface area (Å²) in [5.41, 5.74) is -0.368. The summed E-state index contributed by atoms with van der Waals surface area (Å²) in [6, 6.07) is 0. The van der Waals surface area contributed by atoms with Crippen molar-refractivity contribution in [3.05, 3.63) is 28.2 Å². The summed E-state index contributed by atoms with van der Waals surface area (Å²) in [4.78, 5) is 23.7. The van der Waals surface area contributed by atoms with E-state index in [2.05, 4.69) is 20.8 Å². The first-order valence-electron chi connectivity index (χ1n) is 6.28. The third-order valence-electron chi connectivity index (χ3n) is 4.13. The average molecular weight is 248 g/mol. The van der Waals surface area contributed by atoms with Gasteiger partial charge in [0.2, 0.25) is 5.43 Å². The van der Waals surface area contributed by atoms with Crippen LogP contribution in [0, 0.1) is 5.92 Å². The van der Waals surface area contributed by atoms with Crippen LogP contribution >= 0.6 is 0 Å². The van der Waals surface area contributed by atoms with Gasteiger partial charge in [-0.25, -0.2) is 0 Å². The van der Waals surface area contributed by atoms with Gasteiger partial charge >= 0.3 is 0 Å². The van der Waals surface area contributed by atoms with E-state index >= 15 is 0 Å². The van der Waals surface area contributed by atoms with Gasteiger partial charge in [0.15, 0.2) is 0 Å². The molecule has 2 atom stereocenters. The van der Waals surface area contributed by atoms with Crippen molar-refractivity contribution in [3.63, 3.8) is 0 Å². The fraction of sp³-hybridized carbons (Fsp3) is 0.583. The lowest BCUT2D eigenvalue weighted by Gasteiger charge is -2.29. The Kier molecular flexibility index (Phi) is 2.66. The van der Waals surface area contributed by atoms with Gasteiger partial charge in [-0.1, -0.05) is 6.42 Å². The third-order valence-corrected chi connectivity index (χ3v) is 4.13. The molecule has 0 spiro atoms. The number of amides is 1. The normalized spacial score (nSPS) is 30.1. The number of hydrogen-bond acceptors (Lipinski definition) is 4. The van der Waals surface area contributed by atoms with E-state index in [1.807, 2.05) is 0 Å². The largest absolute Gasteiger partial charge is 0.345 e. The number of hydrogen-bond donors (Lipinski definition) is 3. The summed E-state index contributed by atoms with van der Waals surface area (Å²) >= 11 is 0. The van der Waals surface area contributed by atoms with Crippen molar-refractivity contribution in [2.75, 3.05) is 13.1 Å². The van der Waals surface area contributed by atoms with Crippen LogP contribution in [0.4, 0.5) is 0 Å². The van der Waals surface area contributed by atoms with E-state index < -0.39 is 0 Å². The van der Waals surface area contributed by atoms with E-state index in [0.717, 1.165) is 38.5 Å². The maximum atomic E-state index is 12.2.